The lowest BCUT2D eigenvalue weighted by atomic mass is 10.1. The summed E-state index contributed by atoms with van der Waals surface area (Å²) in [5.41, 5.74) is 1.33. The van der Waals surface area contributed by atoms with E-state index in [1.54, 1.807) is 36.4 Å². The smallest absolute Gasteiger partial charge is 0.310 e. The molecule has 0 fully saturated rings. The quantitative estimate of drug-likeness (QED) is 0.706. The number of ether oxygens (including phenoxy) is 1. The minimum absolute atomic E-state index is 0.00295. The molecule has 4 nitrogen and oxygen atoms in total. The maximum Gasteiger partial charge on any atom is 0.310 e. The molecule has 0 heterocycles. The number of halogens is 2. The van der Waals surface area contributed by atoms with Gasteiger partial charge in [-0.1, -0.05) is 41.9 Å². The van der Waals surface area contributed by atoms with Gasteiger partial charge < -0.3 is 9.64 Å². The van der Waals surface area contributed by atoms with E-state index in [1.165, 1.54) is 17.0 Å². The standard InChI is InChI=1S/C19H19ClFNO3/c1-2-22(12-14-6-5-8-16(21)10-14)18(23)13-25-19(24)11-15-7-3-4-9-17(15)20/h3-10H,2,11-13H2,1H3. The number of hydrogen-bond acceptors (Lipinski definition) is 3. The number of likely N-dealkylation sites (N-methyl/N-ethyl adjacent to an activating group) is 1. The van der Waals surface area contributed by atoms with Crippen molar-refractivity contribution in [1.82, 2.24) is 4.90 Å². The zero-order valence-electron chi connectivity index (χ0n) is 13.9. The highest BCUT2D eigenvalue weighted by molar-refractivity contribution is 6.31. The number of esters is 1. The average molecular weight is 364 g/mol. The van der Waals surface area contributed by atoms with Crippen LogP contribution in [0.4, 0.5) is 4.39 Å². The fourth-order valence-corrected chi connectivity index (χ4v) is 2.52. The Morgan fingerprint density at radius 3 is 2.60 bits per heavy atom. The summed E-state index contributed by atoms with van der Waals surface area (Å²) in [5.74, 6) is -1.21. The third kappa shape index (κ3) is 5.87. The zero-order chi connectivity index (χ0) is 18.2. The van der Waals surface area contributed by atoms with E-state index in [4.69, 9.17) is 16.3 Å². The van der Waals surface area contributed by atoms with Crippen LogP contribution >= 0.6 is 11.6 Å². The van der Waals surface area contributed by atoms with Gasteiger partial charge in [-0.25, -0.2) is 4.39 Å². The number of amides is 1. The molecule has 0 bridgehead atoms. The van der Waals surface area contributed by atoms with Gasteiger partial charge in [0.15, 0.2) is 6.61 Å². The van der Waals surface area contributed by atoms with Gasteiger partial charge in [-0.15, -0.1) is 0 Å². The van der Waals surface area contributed by atoms with Crippen LogP contribution in [0.1, 0.15) is 18.1 Å². The molecule has 25 heavy (non-hydrogen) atoms. The van der Waals surface area contributed by atoms with Gasteiger partial charge in [-0.2, -0.15) is 0 Å². The largest absolute Gasteiger partial charge is 0.455 e. The predicted octanol–water partition coefficient (Wildman–Crippen LogP) is 3.61. The Kier molecular flexibility index (Phi) is 6.95. The van der Waals surface area contributed by atoms with Crippen LogP contribution in [-0.2, 0) is 27.3 Å². The van der Waals surface area contributed by atoms with Gasteiger partial charge in [0.2, 0.25) is 0 Å². The predicted molar refractivity (Wildman–Crippen MR) is 93.6 cm³/mol. The molecular formula is C19H19ClFNO3. The number of carbonyl (C=O) groups excluding carboxylic acids is 2. The van der Waals surface area contributed by atoms with Gasteiger partial charge in [-0.05, 0) is 36.2 Å². The van der Waals surface area contributed by atoms with Crippen LogP contribution in [0, 0.1) is 5.82 Å². The van der Waals surface area contributed by atoms with E-state index in [1.807, 2.05) is 6.92 Å². The molecule has 0 spiro atoms. The summed E-state index contributed by atoms with van der Waals surface area (Å²) in [6.45, 7) is 2.14. The number of hydrogen-bond donors (Lipinski definition) is 0. The van der Waals surface area contributed by atoms with Crippen LogP contribution in [0.5, 0.6) is 0 Å². The number of rotatable bonds is 7. The maximum absolute atomic E-state index is 13.2. The molecule has 0 aliphatic heterocycles. The van der Waals surface area contributed by atoms with Gasteiger partial charge in [0, 0.05) is 18.1 Å². The molecule has 0 saturated carbocycles. The zero-order valence-corrected chi connectivity index (χ0v) is 14.6. The fourth-order valence-electron chi connectivity index (χ4n) is 2.31. The van der Waals surface area contributed by atoms with Crippen molar-refractivity contribution in [1.29, 1.82) is 0 Å². The summed E-state index contributed by atoms with van der Waals surface area (Å²) in [5, 5.41) is 0.479. The summed E-state index contributed by atoms with van der Waals surface area (Å²) < 4.78 is 18.3. The summed E-state index contributed by atoms with van der Waals surface area (Å²) >= 11 is 5.99. The van der Waals surface area contributed by atoms with Crippen LogP contribution in [0.25, 0.3) is 0 Å². The van der Waals surface area contributed by atoms with Crippen molar-refractivity contribution in [3.63, 3.8) is 0 Å². The maximum atomic E-state index is 13.2. The molecule has 2 rings (SSSR count). The topological polar surface area (TPSA) is 46.6 Å². The van der Waals surface area contributed by atoms with Gasteiger partial charge in [0.25, 0.3) is 5.91 Å². The normalized spacial score (nSPS) is 10.4. The van der Waals surface area contributed by atoms with Crippen molar-refractivity contribution < 1.29 is 18.7 Å². The highest BCUT2D eigenvalue weighted by atomic mass is 35.5. The van der Waals surface area contributed by atoms with E-state index >= 15 is 0 Å². The van der Waals surface area contributed by atoms with Crippen LogP contribution in [0.15, 0.2) is 48.5 Å². The minimum atomic E-state index is -0.525. The number of benzene rings is 2. The first-order chi connectivity index (χ1) is 12.0. The molecule has 0 aromatic heterocycles. The van der Waals surface area contributed by atoms with E-state index < -0.39 is 5.97 Å². The van der Waals surface area contributed by atoms with Gasteiger partial charge >= 0.3 is 5.97 Å². The Hall–Kier alpha value is -2.40. The van der Waals surface area contributed by atoms with E-state index in [-0.39, 0.29) is 31.3 Å². The lowest BCUT2D eigenvalue weighted by molar-refractivity contribution is -0.151. The van der Waals surface area contributed by atoms with E-state index in [2.05, 4.69) is 0 Å². The Balaban J connectivity index is 1.87. The first kappa shape index (κ1) is 18.9. The molecular weight excluding hydrogens is 345 g/mol. The molecule has 132 valence electrons. The van der Waals surface area contributed by atoms with Crippen molar-refractivity contribution in [3.8, 4) is 0 Å². The molecule has 2 aromatic rings. The van der Waals surface area contributed by atoms with Crippen LogP contribution < -0.4 is 0 Å². The van der Waals surface area contributed by atoms with Crippen molar-refractivity contribution >= 4 is 23.5 Å². The molecule has 0 unspecified atom stereocenters. The van der Waals surface area contributed by atoms with Gasteiger partial charge in [0.05, 0.1) is 6.42 Å². The second kappa shape index (κ2) is 9.18. The molecule has 0 saturated heterocycles. The second-order valence-corrected chi connectivity index (χ2v) is 5.87. The number of nitrogens with zero attached hydrogens (tertiary/aromatic N) is 1. The summed E-state index contributed by atoms with van der Waals surface area (Å²) in [7, 11) is 0. The van der Waals surface area contributed by atoms with Crippen molar-refractivity contribution in [2.24, 2.45) is 0 Å². The second-order valence-electron chi connectivity index (χ2n) is 5.47. The first-order valence-electron chi connectivity index (χ1n) is 7.91. The average Bonchev–Trinajstić information content (AvgIpc) is 2.59. The Morgan fingerprint density at radius 2 is 1.92 bits per heavy atom. The molecule has 0 aliphatic rings. The molecule has 0 radical (unpaired) electrons. The van der Waals surface area contributed by atoms with Crippen LogP contribution in [-0.4, -0.2) is 29.9 Å². The monoisotopic (exact) mass is 363 g/mol. The SMILES string of the molecule is CCN(Cc1cccc(F)c1)C(=O)COC(=O)Cc1ccccc1Cl. The van der Waals surface area contributed by atoms with Crippen LogP contribution in [0.3, 0.4) is 0 Å². The lowest BCUT2D eigenvalue weighted by Gasteiger charge is -2.21. The fraction of sp³-hybridized carbons (Fsp3) is 0.263. The molecule has 0 aliphatic carbocycles. The molecule has 0 atom stereocenters. The molecule has 2 aromatic carbocycles. The highest BCUT2D eigenvalue weighted by Gasteiger charge is 2.16. The summed E-state index contributed by atoms with van der Waals surface area (Å²) in [6, 6.07) is 13.0. The van der Waals surface area contributed by atoms with Crippen molar-refractivity contribution in [2.45, 2.75) is 19.9 Å². The molecule has 0 N–H and O–H groups in total. The third-order valence-corrected chi connectivity index (χ3v) is 4.01. The van der Waals surface area contributed by atoms with Gasteiger partial charge in [-0.3, -0.25) is 9.59 Å². The molecule has 6 heteroatoms. The number of carbonyl (C=O) groups is 2. The minimum Gasteiger partial charge on any atom is -0.455 e. The Labute approximate surface area is 151 Å². The highest BCUT2D eigenvalue weighted by Crippen LogP contribution is 2.15. The van der Waals surface area contributed by atoms with E-state index in [0.717, 1.165) is 0 Å². The van der Waals surface area contributed by atoms with Crippen molar-refractivity contribution in [2.75, 3.05) is 13.2 Å². The van der Waals surface area contributed by atoms with E-state index in [0.29, 0.717) is 22.7 Å². The van der Waals surface area contributed by atoms with Crippen LogP contribution in [0.2, 0.25) is 5.02 Å². The Bertz CT molecular complexity index is 751. The first-order valence-corrected chi connectivity index (χ1v) is 8.28. The Morgan fingerprint density at radius 1 is 1.16 bits per heavy atom. The third-order valence-electron chi connectivity index (χ3n) is 3.65. The van der Waals surface area contributed by atoms with E-state index in [9.17, 15) is 14.0 Å². The van der Waals surface area contributed by atoms with Gasteiger partial charge in [0.1, 0.15) is 5.82 Å². The molecule has 1 amide bonds. The van der Waals surface area contributed by atoms with Crippen molar-refractivity contribution in [3.05, 3.63) is 70.5 Å². The summed E-state index contributed by atoms with van der Waals surface area (Å²) in [6.07, 6.45) is 0.00295. The summed E-state index contributed by atoms with van der Waals surface area (Å²) in [4.78, 5) is 25.6. The lowest BCUT2D eigenvalue weighted by Crippen LogP contribution is -2.34.